The van der Waals surface area contributed by atoms with Gasteiger partial charge in [0.1, 0.15) is 5.00 Å². The number of aliphatic carboxylic acids is 1. The lowest BCUT2D eigenvalue weighted by Gasteiger charge is -2.25. The third-order valence-electron chi connectivity index (χ3n) is 4.56. The van der Waals surface area contributed by atoms with Crippen molar-refractivity contribution in [3.05, 3.63) is 64.8 Å². The van der Waals surface area contributed by atoms with Gasteiger partial charge >= 0.3 is 5.97 Å². The molecule has 1 heterocycles. The first-order chi connectivity index (χ1) is 15.2. The highest BCUT2D eigenvalue weighted by Gasteiger charge is 2.20. The summed E-state index contributed by atoms with van der Waals surface area (Å²) in [4.78, 5) is 27.5. The van der Waals surface area contributed by atoms with Gasteiger partial charge in [0.15, 0.2) is 6.04 Å². The van der Waals surface area contributed by atoms with Crippen molar-refractivity contribution in [2.75, 3.05) is 10.9 Å². The van der Waals surface area contributed by atoms with Gasteiger partial charge in [-0.1, -0.05) is 24.3 Å². The Labute approximate surface area is 190 Å². The molecule has 1 aromatic heterocycles. The second kappa shape index (κ2) is 10.0. The number of thiazole rings is 1. The van der Waals surface area contributed by atoms with Gasteiger partial charge in [-0.05, 0) is 49.2 Å². The van der Waals surface area contributed by atoms with E-state index in [-0.39, 0.29) is 5.56 Å². The molecule has 9 nitrogen and oxygen atoms in total. The van der Waals surface area contributed by atoms with Crippen molar-refractivity contribution in [1.82, 2.24) is 10.3 Å². The van der Waals surface area contributed by atoms with E-state index < -0.39 is 35.8 Å². The van der Waals surface area contributed by atoms with Crippen molar-refractivity contribution in [2.24, 2.45) is 0 Å². The van der Waals surface area contributed by atoms with Gasteiger partial charge in [0.05, 0.1) is 34.3 Å². The molecule has 0 aliphatic heterocycles. The van der Waals surface area contributed by atoms with E-state index in [0.29, 0.717) is 16.4 Å². The minimum atomic E-state index is -2.56. The first-order valence-corrected chi connectivity index (χ1v) is 11.2. The van der Waals surface area contributed by atoms with E-state index in [0.717, 1.165) is 16.1 Å². The van der Waals surface area contributed by atoms with E-state index in [9.17, 15) is 18.4 Å². The molecule has 3 N–H and O–H groups in total. The number of carbonyl (C=O) groups is 2. The Balaban J connectivity index is 1.87. The fraction of sp³-hybridized carbons (Fsp3) is 0.190. The first-order valence-electron chi connectivity index (χ1n) is 9.39. The van der Waals surface area contributed by atoms with Gasteiger partial charge < -0.3 is 20.1 Å². The number of anilines is 2. The van der Waals surface area contributed by atoms with Crippen molar-refractivity contribution >= 4 is 45.2 Å². The Kier molecular flexibility index (Phi) is 7.36. The van der Waals surface area contributed by atoms with Crippen LogP contribution in [0.2, 0.25) is 0 Å². The number of aromatic nitrogens is 1. The molecule has 0 bridgehead atoms. The van der Waals surface area contributed by atoms with Crippen LogP contribution in [0.15, 0.2) is 48.5 Å². The molecule has 0 aliphatic carbocycles. The number of nitrogens with one attached hydrogen (secondary N) is 1. The Morgan fingerprint density at radius 2 is 1.88 bits per heavy atom. The highest BCUT2D eigenvalue weighted by Crippen LogP contribution is 2.36. The topological polar surface area (TPSA) is 143 Å². The normalized spacial score (nSPS) is 12.8. The zero-order chi connectivity index (χ0) is 23.4. The lowest BCUT2D eigenvalue weighted by molar-refractivity contribution is -0.140. The number of carboxylic acids is 1. The van der Waals surface area contributed by atoms with Crippen LogP contribution >= 0.6 is 11.3 Å². The second-order valence-corrected chi connectivity index (χ2v) is 8.79. The number of rotatable bonds is 8. The molecular weight excluding hydrogens is 454 g/mol. The van der Waals surface area contributed by atoms with Crippen LogP contribution in [0.25, 0.3) is 11.1 Å². The zero-order valence-electron chi connectivity index (χ0n) is 17.1. The Bertz CT molecular complexity index is 1160. The number of aliphatic hydroxyl groups excluding tert-OH is 1. The van der Waals surface area contributed by atoms with Crippen LogP contribution < -0.4 is 9.62 Å². The fourth-order valence-electron chi connectivity index (χ4n) is 3.03. The van der Waals surface area contributed by atoms with Gasteiger partial charge in [-0.15, -0.1) is 11.3 Å². The fourth-order valence-corrected chi connectivity index (χ4v) is 4.72. The summed E-state index contributed by atoms with van der Waals surface area (Å²) >= 11 is -1.28. The molecule has 0 radical (unpaired) electrons. The second-order valence-electron chi connectivity index (χ2n) is 6.81. The molecule has 2 atom stereocenters. The average Bonchev–Trinajstić information content (AvgIpc) is 3.09. The summed E-state index contributed by atoms with van der Waals surface area (Å²) in [7, 11) is 0. The number of amides is 1. The standard InChI is InChI=1S/C21H21N3O6S2/c1-12-20(31-13(2)22-12)24(32(29)30)17-5-3-4-16(10-17)14-6-8-15(9-7-14)19(26)23-18(11-25)21(27)28/h3-10,18,25H,11H2,1-2H3,(H,23,26)(H,27,28)(H,29,30)/p-1. The monoisotopic (exact) mass is 474 g/mol. The van der Waals surface area contributed by atoms with Crippen LogP contribution in [-0.4, -0.2) is 48.5 Å². The van der Waals surface area contributed by atoms with Crippen LogP contribution in [0.1, 0.15) is 21.1 Å². The number of aliphatic hydroxyl groups is 1. The maximum Gasteiger partial charge on any atom is 0.328 e. The van der Waals surface area contributed by atoms with Gasteiger partial charge in [-0.3, -0.25) is 13.3 Å². The van der Waals surface area contributed by atoms with Gasteiger partial charge in [0, 0.05) is 5.56 Å². The van der Waals surface area contributed by atoms with E-state index in [2.05, 4.69) is 10.3 Å². The summed E-state index contributed by atoms with van der Waals surface area (Å²) in [5, 5.41) is 21.5. The van der Waals surface area contributed by atoms with E-state index in [4.69, 9.17) is 10.2 Å². The predicted octanol–water partition coefficient (Wildman–Crippen LogP) is 2.53. The SMILES string of the molecule is Cc1nc(C)c(N(c2cccc(-c3ccc(C(=O)NC(CO)C(=O)O)cc3)c2)S(=O)[O-])s1. The van der Waals surface area contributed by atoms with Crippen LogP contribution in [0.4, 0.5) is 10.7 Å². The molecule has 3 rings (SSSR count). The third kappa shape index (κ3) is 5.19. The van der Waals surface area contributed by atoms with E-state index in [1.165, 1.54) is 27.8 Å². The molecule has 3 aromatic rings. The molecule has 168 valence electrons. The van der Waals surface area contributed by atoms with E-state index in [1.54, 1.807) is 44.2 Å². The molecule has 1 amide bonds. The number of hydrogen-bond donors (Lipinski definition) is 3. The molecule has 2 unspecified atom stereocenters. The average molecular weight is 475 g/mol. The minimum Gasteiger partial charge on any atom is -0.755 e. The Morgan fingerprint density at radius 1 is 1.19 bits per heavy atom. The number of carboxylic acid groups (broad SMARTS) is 1. The molecule has 11 heteroatoms. The zero-order valence-corrected chi connectivity index (χ0v) is 18.8. The molecular formula is C21H20N3O6S2-. The summed E-state index contributed by atoms with van der Waals surface area (Å²) in [6.45, 7) is 2.83. The van der Waals surface area contributed by atoms with Crippen LogP contribution in [0, 0.1) is 13.8 Å². The number of benzene rings is 2. The summed E-state index contributed by atoms with van der Waals surface area (Å²) in [6.07, 6.45) is 0. The molecule has 0 fully saturated rings. The van der Waals surface area contributed by atoms with Gasteiger partial charge in [-0.2, -0.15) is 0 Å². The highest BCUT2D eigenvalue weighted by molar-refractivity contribution is 7.81. The van der Waals surface area contributed by atoms with Crippen molar-refractivity contribution in [3.8, 4) is 11.1 Å². The largest absolute Gasteiger partial charge is 0.755 e. The predicted molar refractivity (Wildman–Crippen MR) is 121 cm³/mol. The first kappa shape index (κ1) is 23.5. The molecule has 0 saturated carbocycles. The van der Waals surface area contributed by atoms with Crippen LogP contribution in [0.5, 0.6) is 0 Å². The summed E-state index contributed by atoms with van der Waals surface area (Å²) in [5.41, 5.74) is 2.73. The number of nitrogens with zero attached hydrogens (tertiary/aromatic N) is 2. The van der Waals surface area contributed by atoms with Gasteiger partial charge in [0.25, 0.3) is 5.91 Å². The van der Waals surface area contributed by atoms with Crippen molar-refractivity contribution < 1.29 is 28.6 Å². The highest BCUT2D eigenvalue weighted by atomic mass is 32.2. The molecule has 0 spiro atoms. The molecule has 0 saturated heterocycles. The molecule has 32 heavy (non-hydrogen) atoms. The Hall–Kier alpha value is -3.12. The minimum absolute atomic E-state index is 0.225. The van der Waals surface area contributed by atoms with Crippen LogP contribution in [0.3, 0.4) is 0 Å². The molecule has 0 aliphatic rings. The maximum absolute atomic E-state index is 12.2. The third-order valence-corrected chi connectivity index (χ3v) is 6.42. The van der Waals surface area contributed by atoms with Crippen LogP contribution in [-0.2, 0) is 16.1 Å². The number of aryl methyl sites for hydroxylation is 2. The summed E-state index contributed by atoms with van der Waals surface area (Å²) in [5.74, 6) is -1.96. The van der Waals surface area contributed by atoms with Crippen molar-refractivity contribution in [3.63, 3.8) is 0 Å². The van der Waals surface area contributed by atoms with E-state index in [1.807, 2.05) is 6.07 Å². The van der Waals surface area contributed by atoms with E-state index >= 15 is 0 Å². The lowest BCUT2D eigenvalue weighted by atomic mass is 10.0. The number of hydrogen-bond acceptors (Lipinski definition) is 7. The quantitative estimate of drug-likeness (QED) is 0.426. The van der Waals surface area contributed by atoms with Gasteiger partial charge in [-0.25, -0.2) is 9.78 Å². The Morgan fingerprint density at radius 3 is 2.41 bits per heavy atom. The van der Waals surface area contributed by atoms with Crippen molar-refractivity contribution in [1.29, 1.82) is 0 Å². The summed E-state index contributed by atoms with van der Waals surface area (Å²) < 4.78 is 25.2. The summed E-state index contributed by atoms with van der Waals surface area (Å²) in [6, 6.07) is 11.9. The van der Waals surface area contributed by atoms with Gasteiger partial charge in [0.2, 0.25) is 0 Å². The lowest BCUT2D eigenvalue weighted by Crippen LogP contribution is -2.43. The number of carbonyl (C=O) groups excluding carboxylic acids is 1. The van der Waals surface area contributed by atoms with Crippen molar-refractivity contribution in [2.45, 2.75) is 19.9 Å². The molecule has 2 aromatic carbocycles. The maximum atomic E-state index is 12.2. The smallest absolute Gasteiger partial charge is 0.328 e.